The van der Waals surface area contributed by atoms with Crippen molar-refractivity contribution in [2.45, 2.75) is 19.9 Å². The number of rotatable bonds is 5. The first-order valence-electron chi connectivity index (χ1n) is 5.90. The molecular formula is C11H13F2N5O2. The molecule has 0 fully saturated rings. The summed E-state index contributed by atoms with van der Waals surface area (Å²) in [7, 11) is 1.71. The fraction of sp³-hybridized carbons (Fsp3) is 0.455. The minimum absolute atomic E-state index is 0.00686. The zero-order valence-corrected chi connectivity index (χ0v) is 11.0. The molecule has 0 amide bonds. The molecule has 20 heavy (non-hydrogen) atoms. The molecule has 0 saturated heterocycles. The standard InChI is InChI=1S/C11H13F2N5O2/c1-3-20-11(19)8-9(10(12)13)18(16-14-8)6-7-4-5-17(2)15-7/h4-5,10H,3,6H2,1-2H3. The van der Waals surface area contributed by atoms with Gasteiger partial charge in [-0.2, -0.15) is 5.10 Å². The van der Waals surface area contributed by atoms with Crippen molar-refractivity contribution in [2.75, 3.05) is 6.61 Å². The Hall–Kier alpha value is -2.32. The van der Waals surface area contributed by atoms with E-state index in [4.69, 9.17) is 0 Å². The minimum Gasteiger partial charge on any atom is -0.461 e. The highest BCUT2D eigenvalue weighted by Gasteiger charge is 2.27. The molecule has 0 radical (unpaired) electrons. The number of hydrogen-bond donors (Lipinski definition) is 0. The van der Waals surface area contributed by atoms with E-state index in [9.17, 15) is 13.6 Å². The van der Waals surface area contributed by atoms with Crippen molar-refractivity contribution in [1.82, 2.24) is 24.8 Å². The second-order valence-corrected chi connectivity index (χ2v) is 3.98. The number of carbonyl (C=O) groups excluding carboxylic acids is 1. The lowest BCUT2D eigenvalue weighted by atomic mass is 10.3. The van der Waals surface area contributed by atoms with Crippen molar-refractivity contribution in [3.05, 3.63) is 29.3 Å². The molecule has 0 aliphatic carbocycles. The highest BCUT2D eigenvalue weighted by molar-refractivity contribution is 5.88. The predicted molar refractivity (Wildman–Crippen MR) is 63.2 cm³/mol. The molecule has 0 aliphatic heterocycles. The zero-order valence-electron chi connectivity index (χ0n) is 11.0. The Morgan fingerprint density at radius 1 is 1.50 bits per heavy atom. The molecular weight excluding hydrogens is 272 g/mol. The average molecular weight is 285 g/mol. The van der Waals surface area contributed by atoms with Gasteiger partial charge >= 0.3 is 5.97 Å². The molecule has 9 heteroatoms. The summed E-state index contributed by atoms with van der Waals surface area (Å²) in [5.41, 5.74) is -0.485. The topological polar surface area (TPSA) is 74.8 Å². The van der Waals surface area contributed by atoms with Crippen LogP contribution in [0.4, 0.5) is 8.78 Å². The normalized spacial score (nSPS) is 11.1. The number of hydrogen-bond acceptors (Lipinski definition) is 5. The second-order valence-electron chi connectivity index (χ2n) is 3.98. The minimum atomic E-state index is -2.88. The number of alkyl halides is 2. The van der Waals surface area contributed by atoms with Crippen molar-refractivity contribution >= 4 is 5.97 Å². The van der Waals surface area contributed by atoms with Crippen LogP contribution in [-0.2, 0) is 18.3 Å². The van der Waals surface area contributed by atoms with Crippen LogP contribution >= 0.6 is 0 Å². The van der Waals surface area contributed by atoms with Gasteiger partial charge in [-0.25, -0.2) is 18.3 Å². The lowest BCUT2D eigenvalue weighted by molar-refractivity contribution is 0.0506. The van der Waals surface area contributed by atoms with Gasteiger partial charge in [0.05, 0.1) is 18.8 Å². The highest BCUT2D eigenvalue weighted by atomic mass is 19.3. The molecule has 0 bridgehead atoms. The van der Waals surface area contributed by atoms with Gasteiger partial charge in [0.25, 0.3) is 6.43 Å². The van der Waals surface area contributed by atoms with Gasteiger partial charge < -0.3 is 4.74 Å². The van der Waals surface area contributed by atoms with E-state index >= 15 is 0 Å². The van der Waals surface area contributed by atoms with Gasteiger partial charge in [-0.3, -0.25) is 4.68 Å². The molecule has 0 aliphatic rings. The van der Waals surface area contributed by atoms with Crippen molar-refractivity contribution in [3.8, 4) is 0 Å². The Morgan fingerprint density at radius 2 is 2.25 bits per heavy atom. The number of aryl methyl sites for hydroxylation is 1. The SMILES string of the molecule is CCOC(=O)c1nnn(Cc2ccn(C)n2)c1C(F)F. The summed E-state index contributed by atoms with van der Waals surface area (Å²) in [6, 6.07) is 1.67. The average Bonchev–Trinajstić information content (AvgIpc) is 2.96. The van der Waals surface area contributed by atoms with E-state index in [1.54, 1.807) is 30.9 Å². The summed E-state index contributed by atoms with van der Waals surface area (Å²) in [5, 5.41) is 11.1. The first-order valence-corrected chi connectivity index (χ1v) is 5.90. The molecule has 2 heterocycles. The largest absolute Gasteiger partial charge is 0.461 e. The fourth-order valence-electron chi connectivity index (χ4n) is 1.70. The maximum absolute atomic E-state index is 13.1. The zero-order chi connectivity index (χ0) is 14.7. The molecule has 2 aromatic heterocycles. The summed E-state index contributed by atoms with van der Waals surface area (Å²) in [6.45, 7) is 1.67. The lowest BCUT2D eigenvalue weighted by Gasteiger charge is -2.05. The summed E-state index contributed by atoms with van der Waals surface area (Å²) >= 11 is 0. The van der Waals surface area contributed by atoms with Gasteiger partial charge in [0.1, 0.15) is 5.69 Å². The van der Waals surface area contributed by atoms with Crippen LogP contribution in [0.5, 0.6) is 0 Å². The number of halogens is 2. The molecule has 0 atom stereocenters. The summed E-state index contributed by atoms with van der Waals surface area (Å²) in [5.74, 6) is -0.907. The van der Waals surface area contributed by atoms with Gasteiger partial charge in [0.2, 0.25) is 0 Å². The van der Waals surface area contributed by atoms with Gasteiger partial charge in [-0.1, -0.05) is 5.21 Å². The van der Waals surface area contributed by atoms with E-state index in [0.717, 1.165) is 4.68 Å². The lowest BCUT2D eigenvalue weighted by Crippen LogP contribution is -2.12. The number of carbonyl (C=O) groups is 1. The smallest absolute Gasteiger partial charge is 0.361 e. The quantitative estimate of drug-likeness (QED) is 0.771. The van der Waals surface area contributed by atoms with Crippen LogP contribution in [0.2, 0.25) is 0 Å². The van der Waals surface area contributed by atoms with Crippen LogP contribution in [-0.4, -0.2) is 37.4 Å². The van der Waals surface area contributed by atoms with E-state index in [1.807, 2.05) is 0 Å². The Morgan fingerprint density at radius 3 is 2.80 bits per heavy atom. The Bertz CT molecular complexity index is 608. The summed E-state index contributed by atoms with van der Waals surface area (Å²) in [4.78, 5) is 11.5. The van der Waals surface area contributed by atoms with Gasteiger partial charge in [0, 0.05) is 13.2 Å². The molecule has 0 unspecified atom stereocenters. The van der Waals surface area contributed by atoms with Crippen LogP contribution < -0.4 is 0 Å². The Balaban J connectivity index is 2.31. The number of nitrogens with zero attached hydrogens (tertiary/aromatic N) is 5. The summed E-state index contributed by atoms with van der Waals surface area (Å²) in [6.07, 6.45) is -1.20. The maximum Gasteiger partial charge on any atom is 0.361 e. The third-order valence-corrected chi connectivity index (χ3v) is 2.53. The first-order chi connectivity index (χ1) is 9.52. The molecule has 0 aromatic carbocycles. The van der Waals surface area contributed by atoms with E-state index in [1.165, 1.54) is 0 Å². The van der Waals surface area contributed by atoms with Crippen molar-refractivity contribution in [3.63, 3.8) is 0 Å². The first kappa shape index (κ1) is 14.1. The van der Waals surface area contributed by atoms with E-state index < -0.39 is 23.8 Å². The molecule has 0 saturated carbocycles. The number of esters is 1. The molecule has 2 aromatic rings. The predicted octanol–water partition coefficient (Wildman–Crippen LogP) is 1.17. The molecule has 7 nitrogen and oxygen atoms in total. The summed E-state index contributed by atoms with van der Waals surface area (Å²) < 4.78 is 33.4. The van der Waals surface area contributed by atoms with Crippen LogP contribution in [0.15, 0.2) is 12.3 Å². The fourth-order valence-corrected chi connectivity index (χ4v) is 1.70. The van der Waals surface area contributed by atoms with Crippen LogP contribution in [0, 0.1) is 0 Å². The van der Waals surface area contributed by atoms with Gasteiger partial charge in [-0.15, -0.1) is 5.10 Å². The molecule has 108 valence electrons. The number of ether oxygens (including phenoxy) is 1. The Kier molecular flexibility index (Phi) is 4.06. The van der Waals surface area contributed by atoms with Crippen LogP contribution in [0.3, 0.4) is 0 Å². The molecule has 2 rings (SSSR count). The second kappa shape index (κ2) is 5.76. The molecule has 0 spiro atoms. The van der Waals surface area contributed by atoms with Gasteiger partial charge in [-0.05, 0) is 13.0 Å². The van der Waals surface area contributed by atoms with Crippen LogP contribution in [0.25, 0.3) is 0 Å². The van der Waals surface area contributed by atoms with Crippen LogP contribution in [0.1, 0.15) is 35.2 Å². The van der Waals surface area contributed by atoms with Crippen molar-refractivity contribution < 1.29 is 18.3 Å². The maximum atomic E-state index is 13.1. The highest BCUT2D eigenvalue weighted by Crippen LogP contribution is 2.22. The van der Waals surface area contributed by atoms with Crippen molar-refractivity contribution in [1.29, 1.82) is 0 Å². The van der Waals surface area contributed by atoms with Gasteiger partial charge in [0.15, 0.2) is 5.69 Å². The Labute approximate surface area is 113 Å². The number of aromatic nitrogens is 5. The third kappa shape index (κ3) is 2.81. The third-order valence-electron chi connectivity index (χ3n) is 2.53. The van der Waals surface area contributed by atoms with Crippen molar-refractivity contribution in [2.24, 2.45) is 7.05 Å². The van der Waals surface area contributed by atoms with E-state index in [0.29, 0.717) is 5.69 Å². The van der Waals surface area contributed by atoms with E-state index in [-0.39, 0.29) is 13.2 Å². The monoisotopic (exact) mass is 285 g/mol. The molecule has 0 N–H and O–H groups in total. The van der Waals surface area contributed by atoms with E-state index in [2.05, 4.69) is 20.1 Å².